The summed E-state index contributed by atoms with van der Waals surface area (Å²) in [5.41, 5.74) is -4.22. The fourth-order valence-corrected chi connectivity index (χ4v) is 4.94. The Labute approximate surface area is 192 Å². The van der Waals surface area contributed by atoms with Crippen molar-refractivity contribution in [3.63, 3.8) is 0 Å². The van der Waals surface area contributed by atoms with Crippen molar-refractivity contribution in [1.29, 1.82) is 5.26 Å². The molecule has 2 atom stereocenters. The number of halogens is 4. The molecule has 1 aliphatic carbocycles. The van der Waals surface area contributed by atoms with Gasteiger partial charge in [-0.25, -0.2) is 14.4 Å². The van der Waals surface area contributed by atoms with Gasteiger partial charge in [-0.05, 0) is 48.9 Å². The summed E-state index contributed by atoms with van der Waals surface area (Å²) in [4.78, 5) is 8.07. The molecule has 34 heavy (non-hydrogen) atoms. The highest BCUT2D eigenvalue weighted by atomic mass is 19.4. The monoisotopic (exact) mass is 474 g/mol. The van der Waals surface area contributed by atoms with Gasteiger partial charge in [0.15, 0.2) is 5.60 Å². The minimum absolute atomic E-state index is 0.00409. The number of aryl methyl sites for hydroxylation is 2. The van der Waals surface area contributed by atoms with Crippen LogP contribution in [0.3, 0.4) is 0 Å². The average Bonchev–Trinajstić information content (AvgIpc) is 2.71. The molecule has 6 nitrogen and oxygen atoms in total. The van der Waals surface area contributed by atoms with E-state index in [-0.39, 0.29) is 44.7 Å². The molecule has 3 aromatic rings. The van der Waals surface area contributed by atoms with Gasteiger partial charge in [0, 0.05) is 22.8 Å². The fraction of sp³-hybridized carbons (Fsp3) is 0.375. The largest absolute Gasteiger partial charge is 0.506 e. The van der Waals surface area contributed by atoms with Crippen LogP contribution in [0.2, 0.25) is 0 Å². The Kier molecular flexibility index (Phi) is 5.25. The van der Waals surface area contributed by atoms with Crippen LogP contribution in [0.5, 0.6) is 5.75 Å². The second-order valence-corrected chi connectivity index (χ2v) is 9.33. The number of alkyl halides is 3. The minimum Gasteiger partial charge on any atom is -0.506 e. The third-order valence-electron chi connectivity index (χ3n) is 6.43. The highest BCUT2D eigenvalue weighted by molar-refractivity contribution is 5.91. The topological polar surface area (TPSA) is 102 Å². The predicted octanol–water partition coefficient (Wildman–Crippen LogP) is 5.09. The molecule has 0 radical (unpaired) electrons. The minimum atomic E-state index is -5.06. The van der Waals surface area contributed by atoms with Crippen LogP contribution in [0.4, 0.5) is 23.2 Å². The first-order valence-electron chi connectivity index (χ1n) is 10.5. The van der Waals surface area contributed by atoms with Crippen LogP contribution < -0.4 is 5.32 Å². The Morgan fingerprint density at radius 3 is 2.53 bits per heavy atom. The second kappa shape index (κ2) is 7.53. The van der Waals surface area contributed by atoms with Crippen LogP contribution in [0.25, 0.3) is 10.9 Å². The zero-order valence-electron chi connectivity index (χ0n) is 18.8. The molecule has 0 spiro atoms. The normalized spacial score (nSPS) is 21.7. The molecular formula is C24H22F4N4O2. The molecule has 3 N–H and O–H groups in total. The standard InChI is InChI=1S/C24H22F4N4O2/c1-11-7-13-18(20(33)14(11)8-29)22(3,4)10-23(34,24(26,27)28)21(13)32-17-6-5-16(25)19-15(17)9-30-12(2)31-19/h5-7,9,21,32-34H,10H2,1-4H3. The van der Waals surface area contributed by atoms with Crippen LogP contribution in [-0.2, 0) is 5.41 Å². The third kappa shape index (κ3) is 3.42. The molecule has 1 heterocycles. The first-order valence-corrected chi connectivity index (χ1v) is 10.5. The summed E-state index contributed by atoms with van der Waals surface area (Å²) in [6.45, 7) is 5.99. The number of fused-ring (bicyclic) bond motifs is 2. The summed E-state index contributed by atoms with van der Waals surface area (Å²) in [5, 5.41) is 34.4. The molecule has 0 amide bonds. The number of nitrogens with zero attached hydrogens (tertiary/aromatic N) is 3. The van der Waals surface area contributed by atoms with E-state index >= 15 is 0 Å². The summed E-state index contributed by atoms with van der Waals surface area (Å²) >= 11 is 0. The van der Waals surface area contributed by atoms with Crippen LogP contribution in [-0.4, -0.2) is 32.0 Å². The van der Waals surface area contributed by atoms with Crippen molar-refractivity contribution in [3.05, 3.63) is 58.3 Å². The predicted molar refractivity (Wildman–Crippen MR) is 117 cm³/mol. The number of hydrogen-bond acceptors (Lipinski definition) is 6. The number of benzene rings is 2. The van der Waals surface area contributed by atoms with E-state index in [1.807, 2.05) is 6.07 Å². The number of hydrogen-bond donors (Lipinski definition) is 3. The van der Waals surface area contributed by atoms with Crippen molar-refractivity contribution in [2.75, 3.05) is 5.32 Å². The van der Waals surface area contributed by atoms with Crippen molar-refractivity contribution < 1.29 is 27.8 Å². The molecule has 0 saturated heterocycles. The number of aromatic nitrogens is 2. The van der Waals surface area contributed by atoms with Gasteiger partial charge in [0.1, 0.15) is 29.0 Å². The third-order valence-corrected chi connectivity index (χ3v) is 6.43. The van der Waals surface area contributed by atoms with E-state index < -0.39 is 41.2 Å². The van der Waals surface area contributed by atoms with Gasteiger partial charge >= 0.3 is 6.18 Å². The SMILES string of the molecule is Cc1ncc2c(NC3c4cc(C)c(C#N)c(O)c4C(C)(C)CC3(O)C(F)(F)F)ccc(F)c2n1. The number of aromatic hydroxyl groups is 1. The molecule has 2 aromatic carbocycles. The lowest BCUT2D eigenvalue weighted by Crippen LogP contribution is -2.58. The van der Waals surface area contributed by atoms with Gasteiger partial charge in [-0.1, -0.05) is 19.9 Å². The first-order chi connectivity index (χ1) is 15.7. The van der Waals surface area contributed by atoms with E-state index in [1.165, 1.54) is 39.1 Å². The molecule has 0 bridgehead atoms. The van der Waals surface area contributed by atoms with E-state index in [0.717, 1.165) is 6.07 Å². The summed E-state index contributed by atoms with van der Waals surface area (Å²) in [7, 11) is 0. The molecular weight excluding hydrogens is 452 g/mol. The van der Waals surface area contributed by atoms with Crippen LogP contribution in [0.1, 0.15) is 54.4 Å². The lowest BCUT2D eigenvalue weighted by Gasteiger charge is -2.49. The maximum atomic E-state index is 14.4. The molecule has 10 heteroatoms. The Morgan fingerprint density at radius 2 is 1.91 bits per heavy atom. The Bertz CT molecular complexity index is 1360. The van der Waals surface area contributed by atoms with Gasteiger partial charge in [0.05, 0.1) is 11.6 Å². The van der Waals surface area contributed by atoms with Crippen molar-refractivity contribution in [3.8, 4) is 11.8 Å². The Hall–Kier alpha value is -3.45. The second-order valence-electron chi connectivity index (χ2n) is 9.33. The van der Waals surface area contributed by atoms with Crippen molar-refractivity contribution in [1.82, 2.24) is 9.97 Å². The molecule has 0 saturated carbocycles. The molecule has 2 unspecified atom stereocenters. The number of anilines is 1. The summed E-state index contributed by atoms with van der Waals surface area (Å²) < 4.78 is 57.6. The van der Waals surface area contributed by atoms with Gasteiger partial charge in [-0.15, -0.1) is 0 Å². The van der Waals surface area contributed by atoms with Crippen LogP contribution in [0, 0.1) is 31.0 Å². The number of phenols is 1. The fourth-order valence-electron chi connectivity index (χ4n) is 4.94. The van der Waals surface area contributed by atoms with Gasteiger partial charge in [-0.2, -0.15) is 18.4 Å². The van der Waals surface area contributed by atoms with Gasteiger partial charge < -0.3 is 15.5 Å². The lowest BCUT2D eigenvalue weighted by molar-refractivity contribution is -0.275. The van der Waals surface area contributed by atoms with E-state index in [2.05, 4.69) is 15.3 Å². The summed E-state index contributed by atoms with van der Waals surface area (Å²) in [6.07, 6.45) is -4.55. The lowest BCUT2D eigenvalue weighted by atomic mass is 9.62. The van der Waals surface area contributed by atoms with Crippen LogP contribution in [0.15, 0.2) is 24.4 Å². The molecule has 0 fully saturated rings. The van der Waals surface area contributed by atoms with Gasteiger partial charge in [0.25, 0.3) is 0 Å². The number of nitriles is 1. The molecule has 178 valence electrons. The number of aliphatic hydroxyl groups is 1. The molecule has 1 aromatic heterocycles. The zero-order chi connectivity index (χ0) is 25.2. The summed E-state index contributed by atoms with van der Waals surface area (Å²) in [5.74, 6) is -0.805. The van der Waals surface area contributed by atoms with E-state index in [0.29, 0.717) is 0 Å². The summed E-state index contributed by atoms with van der Waals surface area (Å²) in [6, 6.07) is 3.81. The van der Waals surface area contributed by atoms with Crippen molar-refractivity contribution >= 4 is 16.6 Å². The van der Waals surface area contributed by atoms with Crippen molar-refractivity contribution in [2.24, 2.45) is 0 Å². The maximum Gasteiger partial charge on any atom is 0.419 e. The highest BCUT2D eigenvalue weighted by Crippen LogP contribution is 2.57. The number of phenolic OH excluding ortho intramolecular Hbond substituents is 1. The average molecular weight is 474 g/mol. The van der Waals surface area contributed by atoms with Gasteiger partial charge in [0.2, 0.25) is 0 Å². The first kappa shape index (κ1) is 23.7. The highest BCUT2D eigenvalue weighted by Gasteiger charge is 2.64. The maximum absolute atomic E-state index is 14.4. The van der Waals surface area contributed by atoms with Crippen molar-refractivity contribution in [2.45, 2.75) is 57.3 Å². The molecule has 1 aliphatic rings. The Morgan fingerprint density at radius 1 is 1.24 bits per heavy atom. The van der Waals surface area contributed by atoms with Gasteiger partial charge in [-0.3, -0.25) is 0 Å². The van der Waals surface area contributed by atoms with E-state index in [1.54, 1.807) is 6.92 Å². The Balaban J connectivity index is 2.01. The smallest absolute Gasteiger partial charge is 0.419 e. The number of nitrogens with one attached hydrogen (secondary N) is 1. The van der Waals surface area contributed by atoms with E-state index in [9.17, 15) is 33.0 Å². The molecule has 4 rings (SSSR count). The zero-order valence-corrected chi connectivity index (χ0v) is 18.8. The molecule has 0 aliphatic heterocycles. The van der Waals surface area contributed by atoms with E-state index in [4.69, 9.17) is 0 Å². The number of rotatable bonds is 2. The van der Waals surface area contributed by atoms with Crippen LogP contribution >= 0.6 is 0 Å². The quantitative estimate of drug-likeness (QED) is 0.447.